The molecule has 2 aromatic carbocycles. The van der Waals surface area contributed by atoms with E-state index in [1.165, 1.54) is 7.11 Å². The number of hydrogen-bond acceptors (Lipinski definition) is 5. The molecule has 3 aromatic heterocycles. The molecule has 0 aliphatic heterocycles. The van der Waals surface area contributed by atoms with E-state index in [-0.39, 0.29) is 5.56 Å². The number of rotatable bonds is 3. The van der Waals surface area contributed by atoms with Gasteiger partial charge in [0.25, 0.3) is 5.56 Å². The van der Waals surface area contributed by atoms with Crippen LogP contribution in [0.2, 0.25) is 0 Å². The Hall–Kier alpha value is -3.54. The van der Waals surface area contributed by atoms with Crippen LogP contribution in [0, 0.1) is 0 Å². The number of aromatic nitrogens is 2. The van der Waals surface area contributed by atoms with Gasteiger partial charge >= 0.3 is 0 Å². The van der Waals surface area contributed by atoms with Crippen molar-refractivity contribution in [3.05, 3.63) is 52.9 Å². The van der Waals surface area contributed by atoms with Crippen molar-refractivity contribution < 1.29 is 14.2 Å². The molecule has 0 saturated heterocycles. The summed E-state index contributed by atoms with van der Waals surface area (Å²) in [7, 11) is 4.70. The van der Waals surface area contributed by atoms with Crippen molar-refractivity contribution in [1.82, 2.24) is 9.38 Å². The van der Waals surface area contributed by atoms with Gasteiger partial charge in [-0.15, -0.1) is 0 Å². The third kappa shape index (κ3) is 1.89. The number of hydrogen-bond donors (Lipinski definition) is 0. The molecule has 0 fully saturated rings. The zero-order valence-corrected chi connectivity index (χ0v) is 15.1. The van der Waals surface area contributed by atoms with E-state index >= 15 is 0 Å². The van der Waals surface area contributed by atoms with E-state index in [1.807, 2.05) is 30.3 Å². The third-order valence-corrected chi connectivity index (χ3v) is 5.10. The maximum atomic E-state index is 13.6. The lowest BCUT2D eigenvalue weighted by Crippen LogP contribution is -2.14. The zero-order valence-electron chi connectivity index (χ0n) is 15.1. The minimum absolute atomic E-state index is 0.172. The average Bonchev–Trinajstić information content (AvgIpc) is 3.05. The van der Waals surface area contributed by atoms with Crippen molar-refractivity contribution in [3.63, 3.8) is 0 Å². The summed E-state index contributed by atoms with van der Waals surface area (Å²) in [4.78, 5) is 18.2. The van der Waals surface area contributed by atoms with Crippen LogP contribution in [0.5, 0.6) is 17.2 Å². The van der Waals surface area contributed by atoms with Crippen LogP contribution in [0.1, 0.15) is 0 Å². The van der Waals surface area contributed by atoms with E-state index in [1.54, 1.807) is 30.9 Å². The van der Waals surface area contributed by atoms with Crippen LogP contribution < -0.4 is 19.8 Å². The second-order valence-electron chi connectivity index (χ2n) is 6.30. The Morgan fingerprint density at radius 1 is 0.889 bits per heavy atom. The monoisotopic (exact) mass is 360 g/mol. The third-order valence-electron chi connectivity index (χ3n) is 5.10. The number of nitrogens with zero attached hydrogens (tertiary/aromatic N) is 2. The van der Waals surface area contributed by atoms with E-state index in [4.69, 9.17) is 14.2 Å². The first kappa shape index (κ1) is 15.7. The lowest BCUT2D eigenvalue weighted by atomic mass is 10.1. The Kier molecular flexibility index (Phi) is 3.18. The van der Waals surface area contributed by atoms with Gasteiger partial charge in [0, 0.05) is 28.4 Å². The molecule has 0 radical (unpaired) electrons. The molecule has 0 bridgehead atoms. The maximum absolute atomic E-state index is 13.6. The molecule has 0 aliphatic rings. The van der Waals surface area contributed by atoms with Gasteiger partial charge in [0.1, 0.15) is 5.75 Å². The summed E-state index contributed by atoms with van der Waals surface area (Å²) in [6.45, 7) is 0. The Balaban J connectivity index is 2.15. The molecule has 0 saturated carbocycles. The van der Waals surface area contributed by atoms with Crippen LogP contribution in [-0.2, 0) is 0 Å². The van der Waals surface area contributed by atoms with E-state index < -0.39 is 0 Å². The van der Waals surface area contributed by atoms with Crippen LogP contribution in [0.15, 0.2) is 47.4 Å². The SMILES string of the molecule is COc1ccc2c3ccnc4c5ccc(OC)c(OC)c5c(=O)n(c2c1)c34. The predicted octanol–water partition coefficient (Wildman–Crippen LogP) is 3.62. The molecule has 0 atom stereocenters. The molecular formula is C21H16N2O4. The Morgan fingerprint density at radius 2 is 1.70 bits per heavy atom. The lowest BCUT2D eigenvalue weighted by molar-refractivity contribution is 0.358. The fraction of sp³-hybridized carbons (Fsp3) is 0.143. The van der Waals surface area contributed by atoms with Crippen molar-refractivity contribution >= 4 is 38.1 Å². The van der Waals surface area contributed by atoms with Gasteiger partial charge in [0.05, 0.1) is 43.3 Å². The van der Waals surface area contributed by atoms with E-state index in [0.29, 0.717) is 22.6 Å². The minimum atomic E-state index is -0.172. The van der Waals surface area contributed by atoms with Gasteiger partial charge in [-0.1, -0.05) is 0 Å². The topological polar surface area (TPSA) is 62.1 Å². The Morgan fingerprint density at radius 3 is 2.44 bits per heavy atom. The van der Waals surface area contributed by atoms with Crippen LogP contribution >= 0.6 is 0 Å². The van der Waals surface area contributed by atoms with Gasteiger partial charge in [0.15, 0.2) is 11.5 Å². The Labute approximate surface area is 153 Å². The van der Waals surface area contributed by atoms with E-state index in [0.717, 1.165) is 32.7 Å². The normalized spacial score (nSPS) is 11.7. The van der Waals surface area contributed by atoms with Gasteiger partial charge in [0.2, 0.25) is 0 Å². The summed E-state index contributed by atoms with van der Waals surface area (Å²) in [6, 6.07) is 11.3. The molecule has 5 rings (SSSR count). The summed E-state index contributed by atoms with van der Waals surface area (Å²) in [5.41, 5.74) is 2.15. The summed E-state index contributed by atoms with van der Waals surface area (Å²) < 4.78 is 18.0. The van der Waals surface area contributed by atoms with Crippen LogP contribution in [0.4, 0.5) is 0 Å². The standard InChI is InChI=1S/C21H16N2O4/c1-25-11-4-5-12-13-8-9-22-18-14-6-7-16(26-2)20(27-3)17(14)21(24)23(19(13)18)15(12)10-11/h4-10H,1-3H3. The summed E-state index contributed by atoms with van der Waals surface area (Å²) >= 11 is 0. The molecular weight excluding hydrogens is 344 g/mol. The summed E-state index contributed by atoms with van der Waals surface area (Å²) in [5, 5.41) is 3.14. The van der Waals surface area contributed by atoms with Gasteiger partial charge in [-0.3, -0.25) is 14.2 Å². The molecule has 27 heavy (non-hydrogen) atoms. The molecule has 0 unspecified atom stereocenters. The molecule has 5 aromatic rings. The first-order valence-electron chi connectivity index (χ1n) is 8.46. The molecule has 0 amide bonds. The first-order valence-corrected chi connectivity index (χ1v) is 8.46. The zero-order chi connectivity index (χ0) is 18.7. The number of benzene rings is 2. The highest BCUT2D eigenvalue weighted by Crippen LogP contribution is 2.39. The van der Waals surface area contributed by atoms with Crippen molar-refractivity contribution in [2.24, 2.45) is 0 Å². The van der Waals surface area contributed by atoms with Crippen LogP contribution in [0.25, 0.3) is 38.1 Å². The van der Waals surface area contributed by atoms with E-state index in [2.05, 4.69) is 4.98 Å². The van der Waals surface area contributed by atoms with Crippen molar-refractivity contribution in [2.45, 2.75) is 0 Å². The maximum Gasteiger partial charge on any atom is 0.267 e. The summed E-state index contributed by atoms with van der Waals surface area (Å²) in [6.07, 6.45) is 1.77. The minimum Gasteiger partial charge on any atom is -0.497 e. The van der Waals surface area contributed by atoms with Crippen LogP contribution in [0.3, 0.4) is 0 Å². The number of ether oxygens (including phenoxy) is 3. The van der Waals surface area contributed by atoms with Crippen LogP contribution in [-0.4, -0.2) is 30.7 Å². The van der Waals surface area contributed by atoms with Crippen molar-refractivity contribution in [1.29, 1.82) is 0 Å². The predicted molar refractivity (Wildman–Crippen MR) is 105 cm³/mol. The highest BCUT2D eigenvalue weighted by Gasteiger charge is 2.22. The number of fused-ring (bicyclic) bond motifs is 5. The average molecular weight is 360 g/mol. The lowest BCUT2D eigenvalue weighted by Gasteiger charge is -2.12. The second kappa shape index (κ2) is 5.48. The highest BCUT2D eigenvalue weighted by atomic mass is 16.5. The second-order valence-corrected chi connectivity index (χ2v) is 6.30. The fourth-order valence-corrected chi connectivity index (χ4v) is 3.93. The molecule has 0 N–H and O–H groups in total. The van der Waals surface area contributed by atoms with E-state index in [9.17, 15) is 4.79 Å². The quantitative estimate of drug-likeness (QED) is 0.460. The van der Waals surface area contributed by atoms with Gasteiger partial charge in [-0.2, -0.15) is 0 Å². The molecule has 134 valence electrons. The molecule has 0 spiro atoms. The smallest absolute Gasteiger partial charge is 0.267 e. The highest BCUT2D eigenvalue weighted by molar-refractivity contribution is 6.19. The first-order chi connectivity index (χ1) is 13.2. The Bertz CT molecular complexity index is 1400. The molecule has 3 heterocycles. The summed E-state index contributed by atoms with van der Waals surface area (Å²) in [5.74, 6) is 1.61. The number of methoxy groups -OCH3 is 3. The largest absolute Gasteiger partial charge is 0.497 e. The molecule has 6 nitrogen and oxygen atoms in total. The molecule has 6 heteroatoms. The molecule has 0 aliphatic carbocycles. The fourth-order valence-electron chi connectivity index (χ4n) is 3.93. The van der Waals surface area contributed by atoms with Crippen molar-refractivity contribution in [2.75, 3.05) is 21.3 Å². The number of pyridine rings is 2. The van der Waals surface area contributed by atoms with Gasteiger partial charge < -0.3 is 14.2 Å². The van der Waals surface area contributed by atoms with Gasteiger partial charge in [-0.05, 0) is 30.3 Å². The van der Waals surface area contributed by atoms with Crippen molar-refractivity contribution in [3.8, 4) is 17.2 Å². The van der Waals surface area contributed by atoms with Gasteiger partial charge in [-0.25, -0.2) is 0 Å².